The third-order valence-electron chi connectivity index (χ3n) is 3.31. The maximum Gasteiger partial charge on any atom is 0.328 e. The topological polar surface area (TPSA) is 101 Å². The van der Waals surface area contributed by atoms with Crippen molar-refractivity contribution >= 4 is 21.6 Å². The summed E-state index contributed by atoms with van der Waals surface area (Å²) in [6, 6.07) is 1.25. The third kappa shape index (κ3) is 2.33. The molecule has 3 aromatic rings. The summed E-state index contributed by atoms with van der Waals surface area (Å²) in [4.78, 5) is 45.7. The Kier molecular flexibility index (Phi) is 3.09. The van der Waals surface area contributed by atoms with E-state index in [4.69, 9.17) is 0 Å². The highest BCUT2D eigenvalue weighted by atomic mass is 32.1. The quantitative estimate of drug-likeness (QED) is 0.720. The van der Waals surface area contributed by atoms with Crippen LogP contribution in [-0.2, 0) is 6.54 Å². The molecule has 0 spiro atoms. The molecule has 0 aliphatic carbocycles. The number of aromatic nitrogens is 4. The van der Waals surface area contributed by atoms with E-state index in [1.165, 1.54) is 28.2 Å². The number of hydrogen-bond acceptors (Lipinski definition) is 5. The number of fused-ring (bicyclic) bond motifs is 1. The molecule has 2 N–H and O–H groups in total. The SMILES string of the molecule is Cc1sc2nc(Cn3ccc(=O)[nH]c3=O)[nH]c(=O)c2c1C. The lowest BCUT2D eigenvalue weighted by Crippen LogP contribution is -2.29. The zero-order valence-corrected chi connectivity index (χ0v) is 12.2. The lowest BCUT2D eigenvalue weighted by atomic mass is 10.2. The number of thiophene rings is 1. The molecule has 8 heteroatoms. The molecule has 0 bridgehead atoms. The molecule has 0 unspecified atom stereocenters. The van der Waals surface area contributed by atoms with E-state index in [0.29, 0.717) is 16.0 Å². The summed E-state index contributed by atoms with van der Waals surface area (Å²) in [5.74, 6) is 0.378. The predicted octanol–water partition coefficient (Wildman–Crippen LogP) is 0.500. The molecular weight excluding hydrogens is 292 g/mol. The maximum absolute atomic E-state index is 12.1. The average Bonchev–Trinajstić information content (AvgIpc) is 2.69. The first kappa shape index (κ1) is 13.5. The number of aryl methyl sites for hydroxylation is 2. The monoisotopic (exact) mass is 304 g/mol. The van der Waals surface area contributed by atoms with Gasteiger partial charge in [-0.2, -0.15) is 0 Å². The van der Waals surface area contributed by atoms with Crippen LogP contribution in [0.4, 0.5) is 0 Å². The fraction of sp³-hybridized carbons (Fsp3) is 0.231. The van der Waals surface area contributed by atoms with Crippen molar-refractivity contribution in [1.82, 2.24) is 19.5 Å². The largest absolute Gasteiger partial charge is 0.328 e. The highest BCUT2D eigenvalue weighted by Crippen LogP contribution is 2.25. The molecule has 3 heterocycles. The zero-order valence-electron chi connectivity index (χ0n) is 11.4. The van der Waals surface area contributed by atoms with Crippen LogP contribution in [-0.4, -0.2) is 19.5 Å². The highest BCUT2D eigenvalue weighted by molar-refractivity contribution is 7.18. The predicted molar refractivity (Wildman–Crippen MR) is 80.1 cm³/mol. The van der Waals surface area contributed by atoms with Crippen LogP contribution >= 0.6 is 11.3 Å². The van der Waals surface area contributed by atoms with E-state index in [9.17, 15) is 14.4 Å². The summed E-state index contributed by atoms with van der Waals surface area (Å²) in [6.45, 7) is 3.92. The first-order chi connectivity index (χ1) is 9.95. The van der Waals surface area contributed by atoms with Crippen molar-refractivity contribution in [1.29, 1.82) is 0 Å². The van der Waals surface area contributed by atoms with Crippen LogP contribution in [0.3, 0.4) is 0 Å². The van der Waals surface area contributed by atoms with Crippen LogP contribution in [0.1, 0.15) is 16.3 Å². The van der Waals surface area contributed by atoms with Gasteiger partial charge < -0.3 is 4.98 Å². The Morgan fingerprint density at radius 2 is 2.00 bits per heavy atom. The van der Waals surface area contributed by atoms with Crippen LogP contribution in [0.25, 0.3) is 10.2 Å². The Hall–Kier alpha value is -2.48. The number of aromatic amines is 2. The maximum atomic E-state index is 12.1. The van der Waals surface area contributed by atoms with E-state index in [1.807, 2.05) is 13.8 Å². The van der Waals surface area contributed by atoms with E-state index in [-0.39, 0.29) is 12.1 Å². The van der Waals surface area contributed by atoms with Gasteiger partial charge in [0.25, 0.3) is 11.1 Å². The summed E-state index contributed by atoms with van der Waals surface area (Å²) >= 11 is 1.45. The molecule has 0 aromatic carbocycles. The fourth-order valence-corrected chi connectivity index (χ4v) is 3.15. The number of nitrogens with one attached hydrogen (secondary N) is 2. The molecule has 0 amide bonds. The van der Waals surface area contributed by atoms with Gasteiger partial charge in [0, 0.05) is 17.1 Å². The normalized spacial score (nSPS) is 11.1. The second-order valence-corrected chi connectivity index (χ2v) is 5.92. The van der Waals surface area contributed by atoms with E-state index < -0.39 is 11.2 Å². The molecule has 3 aromatic heterocycles. The third-order valence-corrected chi connectivity index (χ3v) is 4.41. The van der Waals surface area contributed by atoms with Crippen molar-refractivity contribution in [3.8, 4) is 0 Å². The fourth-order valence-electron chi connectivity index (χ4n) is 2.10. The standard InChI is InChI=1S/C13H12N4O3S/c1-6-7(2)21-12-10(6)11(19)14-8(15-12)5-17-4-3-9(18)16-13(17)20/h3-4H,5H2,1-2H3,(H,14,15,19)(H,16,18,20). The molecule has 0 saturated heterocycles. The number of nitrogens with zero attached hydrogens (tertiary/aromatic N) is 2. The minimum Gasteiger partial charge on any atom is -0.308 e. The molecule has 0 aliphatic heterocycles. The van der Waals surface area contributed by atoms with Crippen LogP contribution in [0, 0.1) is 13.8 Å². The van der Waals surface area contributed by atoms with E-state index in [0.717, 1.165) is 10.4 Å². The van der Waals surface area contributed by atoms with Crippen molar-refractivity contribution in [2.75, 3.05) is 0 Å². The van der Waals surface area contributed by atoms with Gasteiger partial charge >= 0.3 is 5.69 Å². The number of rotatable bonds is 2. The molecule has 108 valence electrons. The van der Waals surface area contributed by atoms with Gasteiger partial charge in [0.1, 0.15) is 10.7 Å². The summed E-state index contributed by atoms with van der Waals surface area (Å²) < 4.78 is 1.28. The van der Waals surface area contributed by atoms with Gasteiger partial charge in [-0.05, 0) is 19.4 Å². The zero-order chi connectivity index (χ0) is 15.1. The summed E-state index contributed by atoms with van der Waals surface area (Å²) in [5, 5.41) is 0.593. The average molecular weight is 304 g/mol. The van der Waals surface area contributed by atoms with Crippen molar-refractivity contribution in [2.45, 2.75) is 20.4 Å². The number of H-pyrrole nitrogens is 2. The minimum absolute atomic E-state index is 0.0940. The lowest BCUT2D eigenvalue weighted by molar-refractivity contribution is 0.687. The number of hydrogen-bond donors (Lipinski definition) is 2. The van der Waals surface area contributed by atoms with Crippen molar-refractivity contribution in [2.24, 2.45) is 0 Å². The second kappa shape index (κ2) is 4.81. The second-order valence-electron chi connectivity index (χ2n) is 4.71. The molecule has 21 heavy (non-hydrogen) atoms. The van der Waals surface area contributed by atoms with E-state index in [1.54, 1.807) is 0 Å². The Bertz CT molecular complexity index is 1010. The smallest absolute Gasteiger partial charge is 0.308 e. The van der Waals surface area contributed by atoms with Crippen molar-refractivity contribution in [3.63, 3.8) is 0 Å². The van der Waals surface area contributed by atoms with E-state index in [2.05, 4.69) is 15.0 Å². The van der Waals surface area contributed by atoms with Gasteiger partial charge in [-0.25, -0.2) is 9.78 Å². The van der Waals surface area contributed by atoms with Crippen LogP contribution in [0.2, 0.25) is 0 Å². The lowest BCUT2D eigenvalue weighted by Gasteiger charge is -2.03. The first-order valence-electron chi connectivity index (χ1n) is 6.24. The Morgan fingerprint density at radius 1 is 1.24 bits per heavy atom. The summed E-state index contributed by atoms with van der Waals surface area (Å²) in [6.07, 6.45) is 1.37. The summed E-state index contributed by atoms with van der Waals surface area (Å²) in [7, 11) is 0. The van der Waals surface area contributed by atoms with Gasteiger partial charge in [0.15, 0.2) is 0 Å². The van der Waals surface area contributed by atoms with Gasteiger partial charge in [-0.3, -0.25) is 19.1 Å². The Morgan fingerprint density at radius 3 is 2.71 bits per heavy atom. The van der Waals surface area contributed by atoms with Crippen LogP contribution in [0.15, 0.2) is 26.6 Å². The minimum atomic E-state index is -0.538. The van der Waals surface area contributed by atoms with Crippen LogP contribution < -0.4 is 16.8 Å². The molecule has 0 radical (unpaired) electrons. The first-order valence-corrected chi connectivity index (χ1v) is 7.06. The molecule has 0 atom stereocenters. The van der Waals surface area contributed by atoms with Gasteiger partial charge in [0.05, 0.1) is 11.9 Å². The van der Waals surface area contributed by atoms with Gasteiger partial charge in [0.2, 0.25) is 0 Å². The van der Waals surface area contributed by atoms with Crippen LogP contribution in [0.5, 0.6) is 0 Å². The van der Waals surface area contributed by atoms with Gasteiger partial charge in [-0.1, -0.05) is 0 Å². The molecule has 7 nitrogen and oxygen atoms in total. The Balaban J connectivity index is 2.11. The molecule has 0 fully saturated rings. The molecule has 0 saturated carbocycles. The summed E-state index contributed by atoms with van der Waals surface area (Å²) in [5.41, 5.74) is -0.285. The molecule has 3 rings (SSSR count). The molecule has 0 aliphatic rings. The van der Waals surface area contributed by atoms with Crippen molar-refractivity contribution < 1.29 is 0 Å². The van der Waals surface area contributed by atoms with Crippen molar-refractivity contribution in [3.05, 3.63) is 59.7 Å². The Labute approximate surface area is 121 Å². The molecular formula is C13H12N4O3S. The van der Waals surface area contributed by atoms with Gasteiger partial charge in [-0.15, -0.1) is 11.3 Å². The van der Waals surface area contributed by atoms with E-state index >= 15 is 0 Å². The highest BCUT2D eigenvalue weighted by Gasteiger charge is 2.12.